The van der Waals surface area contributed by atoms with Crippen LogP contribution in [-0.2, 0) is 52.3 Å². The Morgan fingerprint density at radius 3 is 1.89 bits per heavy atom. The number of ether oxygens (including phenoxy) is 9. The molecule has 2 saturated heterocycles. The van der Waals surface area contributed by atoms with E-state index in [-0.39, 0.29) is 30.8 Å². The molecule has 24 heteroatoms. The number of aliphatic hydroxyl groups is 1. The second-order valence-electron chi connectivity index (χ2n) is 24.0. The predicted molar refractivity (Wildman–Crippen MR) is 304 cm³/mol. The largest absolute Gasteiger partial charge is 0.509 e. The van der Waals surface area contributed by atoms with E-state index in [2.05, 4.69) is 0 Å². The number of ketones is 3. The second kappa shape index (κ2) is 24.3. The molecule has 5 fully saturated rings. The maximum Gasteiger partial charge on any atom is 0.509 e. The van der Waals surface area contributed by atoms with Gasteiger partial charge in [0.25, 0.3) is 0 Å². The number of benzene rings is 3. The minimum absolute atomic E-state index is 0.180. The number of fused-ring (bicyclic) bond motifs is 5. The summed E-state index contributed by atoms with van der Waals surface area (Å²) in [5.41, 5.74) is -7.34. The van der Waals surface area contributed by atoms with Gasteiger partial charge in [0.15, 0.2) is 30.0 Å². The third kappa shape index (κ3) is 13.1. The number of carbonyl (C=O) groups excluding carboxylic acids is 7. The molecular weight excluding hydrogens is 1210 g/mol. The molecule has 3 aromatic carbocycles. The van der Waals surface area contributed by atoms with Crippen molar-refractivity contribution in [3.63, 3.8) is 0 Å². The van der Waals surface area contributed by atoms with Gasteiger partial charge in [-0.25, -0.2) is 19.2 Å². The molecule has 0 spiro atoms. The van der Waals surface area contributed by atoms with E-state index in [1.807, 2.05) is 0 Å². The van der Waals surface area contributed by atoms with E-state index in [0.29, 0.717) is 16.9 Å². The van der Waals surface area contributed by atoms with Crippen molar-refractivity contribution < 1.29 is 81.3 Å². The Kier molecular flexibility index (Phi) is 18.8. The fraction of sp³-hybridized carbons (Fsp3) is 0.576. The van der Waals surface area contributed by atoms with Crippen LogP contribution in [0.3, 0.4) is 0 Å². The highest BCUT2D eigenvalue weighted by Crippen LogP contribution is 2.70. The zero-order valence-electron chi connectivity index (χ0n) is 47.1. The van der Waals surface area contributed by atoms with Crippen LogP contribution in [-0.4, -0.2) is 128 Å². The molecule has 18 nitrogen and oxygen atoms in total. The minimum Gasteiger partial charge on any atom is -0.497 e. The summed E-state index contributed by atoms with van der Waals surface area (Å²) >= 11 is 36.0. The smallest absolute Gasteiger partial charge is 0.497 e. The van der Waals surface area contributed by atoms with Crippen LogP contribution in [0.5, 0.6) is 5.75 Å². The van der Waals surface area contributed by atoms with E-state index in [4.69, 9.17) is 112 Å². The standard InChI is InChI=1S/C59H67Cl6NO17/c1-31(67)26-56-28-76-41(56)25-40(80-51(72)77-29-58(60,61)62)55(8)46(56)37(24-38(68)33-16-12-10-13-17-33)57(74)27-39(32(2)42(54(57,6)7)44(47(55)69)82-52(73)78-30-59(63,64)65)79-49(70)45-43(34-18-14-11-15-19-34)66(50(71)83-53(3,4)5)48(81-45)35-20-22-36(75-9)23-21-35/h10-23,32,37,39-46,48,74H,24-30H2,1-9H3/t32?,37-,39-,40-,41+,42?,43-,44+,45?,46?,48?,55+,56+,57?/m0/s1. The van der Waals surface area contributed by atoms with Crippen molar-refractivity contribution in [3.8, 4) is 5.75 Å². The first kappa shape index (κ1) is 64.4. The molecule has 3 aromatic rings. The van der Waals surface area contributed by atoms with Gasteiger partial charge in [-0.2, -0.15) is 0 Å². The van der Waals surface area contributed by atoms with Crippen molar-refractivity contribution in [2.24, 2.45) is 39.9 Å². The third-order valence-corrected chi connectivity index (χ3v) is 18.0. The van der Waals surface area contributed by atoms with Gasteiger partial charge < -0.3 is 52.5 Å². The number of alkyl halides is 6. The first-order valence-corrected chi connectivity index (χ1v) is 29.2. The molecular formula is C59H67Cl6NO17. The Labute approximate surface area is 511 Å². The lowest BCUT2D eigenvalue weighted by molar-refractivity contribution is -0.325. The van der Waals surface area contributed by atoms with Crippen LogP contribution < -0.4 is 4.74 Å². The number of rotatable bonds is 14. The van der Waals surface area contributed by atoms with Crippen molar-refractivity contribution in [2.75, 3.05) is 26.9 Å². The molecule has 6 unspecified atom stereocenters. The van der Waals surface area contributed by atoms with Crippen molar-refractivity contribution in [3.05, 3.63) is 102 Å². The first-order chi connectivity index (χ1) is 38.7. The highest BCUT2D eigenvalue weighted by atomic mass is 35.6. The summed E-state index contributed by atoms with van der Waals surface area (Å²) in [6.45, 7) is 11.0. The maximum atomic E-state index is 16.7. The summed E-state index contributed by atoms with van der Waals surface area (Å²) < 4.78 is 49.7. The Balaban J connectivity index is 1.33. The fourth-order valence-electron chi connectivity index (χ4n) is 13.8. The van der Waals surface area contributed by atoms with E-state index < -0.39 is 163 Å². The van der Waals surface area contributed by atoms with Gasteiger partial charge in [0.2, 0.25) is 7.59 Å². The molecule has 0 radical (unpaired) electrons. The molecule has 1 amide bonds. The quantitative estimate of drug-likeness (QED) is 0.0685. The molecule has 5 aliphatic rings. The number of amides is 1. The SMILES string of the molecule is COc1ccc(C2OC(C(=O)O[C@H]3CC4(O)[C@@H](CC(=O)c5ccccc5)C5[C@]6(CC(C)=O)CO[C@@H]6C[C@H](OC(=O)OCC(Cl)(Cl)Cl)[C@@]5(C)C(=O)[C@H](OC(=O)OCC(Cl)(Cl)Cl)C(C3C)C4(C)C)[C@H](c3ccccc3)N2C(=O)OC(C)(C)C)cc1. The highest BCUT2D eigenvalue weighted by molar-refractivity contribution is 6.68. The van der Waals surface area contributed by atoms with Gasteiger partial charge in [-0.1, -0.05) is 163 Å². The zero-order chi connectivity index (χ0) is 61.0. The summed E-state index contributed by atoms with van der Waals surface area (Å²) in [6.07, 6.45) is -14.0. The second-order valence-corrected chi connectivity index (χ2v) is 29.0. The molecule has 14 atom stereocenters. The van der Waals surface area contributed by atoms with Gasteiger partial charge in [0, 0.05) is 65.4 Å². The summed E-state index contributed by atoms with van der Waals surface area (Å²) in [5, 5.41) is 14.6. The van der Waals surface area contributed by atoms with Gasteiger partial charge in [0.1, 0.15) is 48.6 Å². The van der Waals surface area contributed by atoms with Crippen LogP contribution >= 0.6 is 69.6 Å². The lowest BCUT2D eigenvalue weighted by Crippen LogP contribution is -2.78. The van der Waals surface area contributed by atoms with E-state index in [1.165, 1.54) is 25.9 Å². The van der Waals surface area contributed by atoms with Crippen LogP contribution in [0.25, 0.3) is 0 Å². The van der Waals surface area contributed by atoms with E-state index in [0.717, 1.165) is 0 Å². The average Bonchev–Trinajstić information content (AvgIpc) is 1.16. The number of methoxy groups -OCH3 is 1. The predicted octanol–water partition coefficient (Wildman–Crippen LogP) is 12.0. The number of hydrogen-bond acceptors (Lipinski definition) is 17. The summed E-state index contributed by atoms with van der Waals surface area (Å²) in [7, 11) is 1.50. The number of nitrogens with zero attached hydrogens (tertiary/aromatic N) is 1. The fourth-order valence-corrected chi connectivity index (χ4v) is 14.1. The van der Waals surface area contributed by atoms with Gasteiger partial charge in [0.05, 0.1) is 30.8 Å². The average molecular weight is 1270 g/mol. The number of carbonyl (C=O) groups is 7. The number of esters is 1. The summed E-state index contributed by atoms with van der Waals surface area (Å²) in [5.74, 6) is -7.52. The molecule has 2 aliphatic heterocycles. The van der Waals surface area contributed by atoms with Gasteiger partial charge >= 0.3 is 24.4 Å². The highest BCUT2D eigenvalue weighted by Gasteiger charge is 2.78. The summed E-state index contributed by atoms with van der Waals surface area (Å²) in [4.78, 5) is 105. The topological polar surface area (TPSA) is 226 Å². The monoisotopic (exact) mass is 1270 g/mol. The van der Waals surface area contributed by atoms with Crippen molar-refractivity contribution in [2.45, 2.75) is 143 Å². The molecule has 3 saturated carbocycles. The first-order valence-electron chi connectivity index (χ1n) is 27.0. The molecule has 2 bridgehead atoms. The molecule has 2 heterocycles. The van der Waals surface area contributed by atoms with Crippen LogP contribution in [0.4, 0.5) is 14.4 Å². The Morgan fingerprint density at radius 2 is 1.36 bits per heavy atom. The zero-order valence-corrected chi connectivity index (χ0v) is 51.6. The van der Waals surface area contributed by atoms with E-state index in [9.17, 15) is 24.3 Å². The van der Waals surface area contributed by atoms with Crippen LogP contribution in [0.15, 0.2) is 84.9 Å². The van der Waals surface area contributed by atoms with Gasteiger partial charge in [-0.3, -0.25) is 14.5 Å². The minimum atomic E-state index is -2.29. The molecule has 8 rings (SSSR count). The molecule has 83 heavy (non-hydrogen) atoms. The lowest BCUT2D eigenvalue weighted by atomic mass is 9.37. The normalized spacial score (nSPS) is 32.0. The summed E-state index contributed by atoms with van der Waals surface area (Å²) in [6, 6.07) is 22.3. The molecule has 1 N–H and O–H groups in total. The third-order valence-electron chi connectivity index (χ3n) is 17.3. The van der Waals surface area contributed by atoms with Crippen LogP contribution in [0.1, 0.15) is 115 Å². The molecule has 3 aliphatic carbocycles. The van der Waals surface area contributed by atoms with Gasteiger partial charge in [-0.05, 0) is 58.2 Å². The van der Waals surface area contributed by atoms with Crippen LogP contribution in [0.2, 0.25) is 0 Å². The van der Waals surface area contributed by atoms with Crippen molar-refractivity contribution in [1.82, 2.24) is 4.90 Å². The van der Waals surface area contributed by atoms with Crippen LogP contribution in [0, 0.1) is 39.9 Å². The maximum absolute atomic E-state index is 16.7. The Bertz CT molecular complexity index is 2920. The number of hydrogen-bond donors (Lipinski definition) is 1. The van der Waals surface area contributed by atoms with E-state index >= 15 is 14.4 Å². The number of halogens is 6. The van der Waals surface area contributed by atoms with Crippen molar-refractivity contribution in [1.29, 1.82) is 0 Å². The Morgan fingerprint density at radius 1 is 0.783 bits per heavy atom. The molecule has 452 valence electrons. The Hall–Kier alpha value is -4.63. The van der Waals surface area contributed by atoms with Gasteiger partial charge in [-0.15, -0.1) is 0 Å². The molecule has 0 aromatic heterocycles. The van der Waals surface area contributed by atoms with E-state index in [1.54, 1.807) is 126 Å². The van der Waals surface area contributed by atoms with Crippen molar-refractivity contribution >= 4 is 111 Å². The number of Topliss-reactive ketones (excluding diaryl/α,β-unsaturated/α-hetero) is 3. The lowest BCUT2D eigenvalue weighted by Gasteiger charge is -2.71.